The Hall–Kier alpha value is -6.05. The molecule has 0 atom stereocenters. The van der Waals surface area contributed by atoms with Gasteiger partial charge in [0.2, 0.25) is 5.91 Å². The van der Waals surface area contributed by atoms with Gasteiger partial charge in [0.1, 0.15) is 11.7 Å². The third-order valence-electron chi connectivity index (χ3n) is 11.7. The molecule has 0 saturated carbocycles. The van der Waals surface area contributed by atoms with Gasteiger partial charge in [0.05, 0.1) is 23.6 Å². The van der Waals surface area contributed by atoms with Crippen molar-refractivity contribution in [2.24, 2.45) is 18.7 Å². The SMILES string of the molecule is Cn1c(CCc2ccc(C(=N)N)cc2)nc2cc(N(Cc3cccc4ccccc34)C(=O)CCC3CCN(C(c4ccccc4)c4ccccc4)CC3)ccc21. The van der Waals surface area contributed by atoms with Crippen molar-refractivity contribution in [3.05, 3.63) is 179 Å². The normalized spacial score (nSPS) is 13.8. The molecule has 2 heterocycles. The minimum Gasteiger partial charge on any atom is -0.384 e. The van der Waals surface area contributed by atoms with E-state index in [4.69, 9.17) is 16.1 Å². The Labute approximate surface area is 329 Å². The summed E-state index contributed by atoms with van der Waals surface area (Å²) in [6.45, 7) is 2.51. The predicted octanol–water partition coefficient (Wildman–Crippen LogP) is 9.61. The standard InChI is InChI=1S/C49H50N6O/c1-53-45-26-25-42(33-44(45)52-46(53)27-21-35-19-23-40(24-20-35)49(50)51)55(34-41-17-10-16-37-11-8-9-18-43(37)41)47(56)28-22-36-29-31-54(32-30-36)48(38-12-4-2-5-13-38)39-14-6-3-7-15-39/h2-20,23-26,33,36,48H,21-22,27-32,34H2,1H3,(H3,50,51). The van der Waals surface area contributed by atoms with Gasteiger partial charge in [-0.25, -0.2) is 4.98 Å². The Balaban J connectivity index is 0.994. The Bertz CT molecular complexity index is 2390. The number of likely N-dealkylation sites (tertiary alicyclic amines) is 1. The van der Waals surface area contributed by atoms with E-state index in [1.165, 1.54) is 27.5 Å². The van der Waals surface area contributed by atoms with Crippen LogP contribution in [0, 0.1) is 11.3 Å². The van der Waals surface area contributed by atoms with Crippen LogP contribution in [0.5, 0.6) is 0 Å². The fraction of sp³-hybridized carbons (Fsp3) is 0.245. The molecule has 1 aromatic heterocycles. The zero-order chi connectivity index (χ0) is 38.4. The van der Waals surface area contributed by atoms with Gasteiger partial charge >= 0.3 is 0 Å². The van der Waals surface area contributed by atoms with Gasteiger partial charge in [0.25, 0.3) is 0 Å². The number of piperidine rings is 1. The number of hydrogen-bond donors (Lipinski definition) is 2. The average molecular weight is 739 g/mol. The molecule has 0 spiro atoms. The molecule has 1 amide bonds. The molecule has 282 valence electrons. The van der Waals surface area contributed by atoms with E-state index in [0.29, 0.717) is 18.9 Å². The zero-order valence-corrected chi connectivity index (χ0v) is 32.1. The fourth-order valence-corrected chi connectivity index (χ4v) is 8.51. The van der Waals surface area contributed by atoms with Crippen molar-refractivity contribution in [1.82, 2.24) is 14.5 Å². The molecule has 7 aromatic rings. The Morgan fingerprint density at radius 1 is 0.804 bits per heavy atom. The lowest BCUT2D eigenvalue weighted by atomic mass is 9.88. The predicted molar refractivity (Wildman–Crippen MR) is 229 cm³/mol. The zero-order valence-electron chi connectivity index (χ0n) is 32.1. The quantitative estimate of drug-likeness (QED) is 0.0911. The van der Waals surface area contributed by atoms with Crippen LogP contribution >= 0.6 is 0 Å². The second-order valence-corrected chi connectivity index (χ2v) is 15.2. The third-order valence-corrected chi connectivity index (χ3v) is 11.7. The summed E-state index contributed by atoms with van der Waals surface area (Å²) in [5, 5.41) is 10.0. The van der Waals surface area contributed by atoms with Crippen molar-refractivity contribution in [1.29, 1.82) is 5.41 Å². The molecule has 6 aromatic carbocycles. The Kier molecular flexibility index (Phi) is 11.0. The molecule has 0 radical (unpaired) electrons. The van der Waals surface area contributed by atoms with Gasteiger partial charge in [-0.05, 0) is 95.9 Å². The minimum atomic E-state index is 0.0766. The summed E-state index contributed by atoms with van der Waals surface area (Å²) in [5.74, 6) is 1.72. The maximum absolute atomic E-state index is 14.5. The number of amidine groups is 1. The molecule has 7 nitrogen and oxygen atoms in total. The number of fused-ring (bicyclic) bond motifs is 2. The van der Waals surface area contributed by atoms with Gasteiger partial charge in [-0.2, -0.15) is 0 Å². The maximum atomic E-state index is 14.5. The first-order chi connectivity index (χ1) is 27.4. The molecule has 0 aliphatic carbocycles. The number of hydrogen-bond acceptors (Lipinski definition) is 4. The Morgan fingerprint density at radius 2 is 1.46 bits per heavy atom. The van der Waals surface area contributed by atoms with Crippen LogP contribution < -0.4 is 10.6 Å². The number of imidazole rings is 1. The highest BCUT2D eigenvalue weighted by Crippen LogP contribution is 2.34. The van der Waals surface area contributed by atoms with Crippen LogP contribution in [0.1, 0.15) is 65.4 Å². The summed E-state index contributed by atoms with van der Waals surface area (Å²) >= 11 is 0. The number of aromatic nitrogens is 2. The van der Waals surface area contributed by atoms with Crippen LogP contribution in [0.2, 0.25) is 0 Å². The topological polar surface area (TPSA) is 91.2 Å². The first-order valence-electron chi connectivity index (χ1n) is 19.9. The number of anilines is 1. The van der Waals surface area contributed by atoms with Crippen molar-refractivity contribution in [2.75, 3.05) is 18.0 Å². The highest BCUT2D eigenvalue weighted by Gasteiger charge is 2.28. The largest absolute Gasteiger partial charge is 0.384 e. The lowest BCUT2D eigenvalue weighted by Crippen LogP contribution is -2.38. The maximum Gasteiger partial charge on any atom is 0.227 e. The van der Waals surface area contributed by atoms with Crippen LogP contribution in [0.25, 0.3) is 21.8 Å². The molecular weight excluding hydrogens is 689 g/mol. The average Bonchev–Trinajstić information content (AvgIpc) is 3.56. The number of nitrogens with zero attached hydrogens (tertiary/aromatic N) is 4. The van der Waals surface area contributed by atoms with Crippen LogP contribution in [0.3, 0.4) is 0 Å². The first kappa shape index (κ1) is 36.9. The van der Waals surface area contributed by atoms with Crippen LogP contribution in [-0.4, -0.2) is 39.3 Å². The first-order valence-corrected chi connectivity index (χ1v) is 19.9. The molecule has 3 N–H and O–H groups in total. The molecule has 1 aliphatic heterocycles. The second-order valence-electron chi connectivity index (χ2n) is 15.2. The third kappa shape index (κ3) is 8.14. The van der Waals surface area contributed by atoms with E-state index in [9.17, 15) is 4.79 Å². The second kappa shape index (κ2) is 16.8. The molecule has 0 bridgehead atoms. The molecule has 7 heteroatoms. The molecule has 0 unspecified atom stereocenters. The fourth-order valence-electron chi connectivity index (χ4n) is 8.51. The van der Waals surface area contributed by atoms with E-state index in [0.717, 1.165) is 78.9 Å². The lowest BCUT2D eigenvalue weighted by molar-refractivity contribution is -0.119. The highest BCUT2D eigenvalue weighted by molar-refractivity contribution is 5.97. The smallest absolute Gasteiger partial charge is 0.227 e. The van der Waals surface area contributed by atoms with Gasteiger partial charge in [-0.1, -0.05) is 127 Å². The molecule has 1 fully saturated rings. The van der Waals surface area contributed by atoms with Gasteiger partial charge < -0.3 is 15.2 Å². The van der Waals surface area contributed by atoms with Gasteiger partial charge in [0.15, 0.2) is 0 Å². The van der Waals surface area contributed by atoms with E-state index in [2.05, 4.69) is 138 Å². The van der Waals surface area contributed by atoms with Gasteiger partial charge in [0, 0.05) is 31.1 Å². The summed E-state index contributed by atoms with van der Waals surface area (Å²) in [4.78, 5) is 24.2. The summed E-state index contributed by atoms with van der Waals surface area (Å²) in [7, 11) is 2.06. The summed E-state index contributed by atoms with van der Waals surface area (Å²) in [6, 6.07) is 50.9. The van der Waals surface area contributed by atoms with E-state index >= 15 is 0 Å². The molecule has 1 aliphatic rings. The molecule has 1 saturated heterocycles. The van der Waals surface area contributed by atoms with Crippen molar-refractivity contribution < 1.29 is 4.79 Å². The number of nitrogens with one attached hydrogen (secondary N) is 1. The van der Waals surface area contributed by atoms with Crippen molar-refractivity contribution >= 4 is 39.2 Å². The lowest BCUT2D eigenvalue weighted by Gasteiger charge is -2.38. The van der Waals surface area contributed by atoms with E-state index in [1.54, 1.807) is 0 Å². The summed E-state index contributed by atoms with van der Waals surface area (Å²) in [6.07, 6.45) is 5.14. The highest BCUT2D eigenvalue weighted by atomic mass is 16.2. The van der Waals surface area contributed by atoms with Crippen molar-refractivity contribution in [2.45, 2.75) is 51.1 Å². The van der Waals surface area contributed by atoms with Gasteiger partial charge in [-0.3, -0.25) is 15.1 Å². The molecular formula is C49H50N6O. The van der Waals surface area contributed by atoms with E-state index < -0.39 is 0 Å². The van der Waals surface area contributed by atoms with E-state index in [1.807, 2.05) is 29.2 Å². The number of aryl methyl sites for hydroxylation is 3. The van der Waals surface area contributed by atoms with Crippen LogP contribution in [-0.2, 0) is 31.2 Å². The minimum absolute atomic E-state index is 0.0766. The molecule has 56 heavy (non-hydrogen) atoms. The number of nitrogen functional groups attached to an aromatic ring is 1. The molecule has 8 rings (SSSR count). The summed E-state index contributed by atoms with van der Waals surface area (Å²) < 4.78 is 2.16. The van der Waals surface area contributed by atoms with E-state index in [-0.39, 0.29) is 17.8 Å². The number of rotatable bonds is 13. The Morgan fingerprint density at radius 3 is 2.16 bits per heavy atom. The number of amides is 1. The van der Waals surface area contributed by atoms with Crippen LogP contribution in [0.4, 0.5) is 5.69 Å². The van der Waals surface area contributed by atoms with Crippen molar-refractivity contribution in [3.8, 4) is 0 Å². The van der Waals surface area contributed by atoms with Crippen molar-refractivity contribution in [3.63, 3.8) is 0 Å². The monoisotopic (exact) mass is 738 g/mol. The number of carbonyl (C=O) groups is 1. The number of benzene rings is 6. The number of nitrogens with two attached hydrogens (primary N) is 1. The number of carbonyl (C=O) groups excluding carboxylic acids is 1. The summed E-state index contributed by atoms with van der Waals surface area (Å²) in [5.41, 5.74) is 14.2. The van der Waals surface area contributed by atoms with Crippen LogP contribution in [0.15, 0.2) is 146 Å². The van der Waals surface area contributed by atoms with Gasteiger partial charge in [-0.15, -0.1) is 0 Å².